The fourth-order valence-corrected chi connectivity index (χ4v) is 3.49. The number of carbonyl (C=O) groups is 1. The fraction of sp³-hybridized carbons (Fsp3) is 0.350. The summed E-state index contributed by atoms with van der Waals surface area (Å²) in [5.74, 6) is -0.391. The van der Waals surface area contributed by atoms with Crippen LogP contribution >= 0.6 is 15.9 Å². The monoisotopic (exact) mass is 404 g/mol. The Hall–Kier alpha value is -1.72. The number of nitrogens with zero attached hydrogens (tertiary/aromatic N) is 1. The summed E-state index contributed by atoms with van der Waals surface area (Å²) in [5, 5.41) is 2.92. The average Bonchev–Trinajstić information content (AvgIpc) is 3.11. The molecule has 2 aromatic carbocycles. The van der Waals surface area contributed by atoms with Crippen molar-refractivity contribution >= 4 is 21.8 Å². The molecule has 1 saturated heterocycles. The van der Waals surface area contributed by atoms with Crippen LogP contribution in [0, 0.1) is 5.82 Å². The van der Waals surface area contributed by atoms with Gasteiger partial charge >= 0.3 is 0 Å². The van der Waals surface area contributed by atoms with E-state index in [2.05, 4.69) is 50.4 Å². The summed E-state index contributed by atoms with van der Waals surface area (Å²) in [5.41, 5.74) is 3.18. The molecule has 1 aliphatic rings. The summed E-state index contributed by atoms with van der Waals surface area (Å²) >= 11 is 3.14. The third-order valence-corrected chi connectivity index (χ3v) is 5.07. The molecule has 25 heavy (non-hydrogen) atoms. The summed E-state index contributed by atoms with van der Waals surface area (Å²) in [6, 6.07) is 13.1. The number of hydrogen-bond donors (Lipinski definition) is 1. The lowest BCUT2D eigenvalue weighted by atomic mass is 10.1. The number of nitrogens with one attached hydrogen (secondary N) is 1. The van der Waals surface area contributed by atoms with Gasteiger partial charge in [-0.15, -0.1) is 0 Å². The van der Waals surface area contributed by atoms with Crippen molar-refractivity contribution < 1.29 is 9.18 Å². The van der Waals surface area contributed by atoms with E-state index in [1.807, 2.05) is 0 Å². The zero-order chi connectivity index (χ0) is 17.6. The van der Waals surface area contributed by atoms with E-state index in [1.165, 1.54) is 37.6 Å². The third-order valence-electron chi connectivity index (χ3n) is 4.47. The van der Waals surface area contributed by atoms with Gasteiger partial charge in [0.15, 0.2) is 0 Å². The van der Waals surface area contributed by atoms with Crippen LogP contribution in [0.1, 0.15) is 29.5 Å². The van der Waals surface area contributed by atoms with Crippen LogP contribution in [0.4, 0.5) is 4.39 Å². The Bertz CT molecular complexity index is 727. The average molecular weight is 405 g/mol. The van der Waals surface area contributed by atoms with Crippen molar-refractivity contribution in [3.8, 4) is 0 Å². The topological polar surface area (TPSA) is 32.3 Å². The molecule has 0 atom stereocenters. The van der Waals surface area contributed by atoms with Gasteiger partial charge in [-0.2, -0.15) is 0 Å². The van der Waals surface area contributed by atoms with Gasteiger partial charge in [0.1, 0.15) is 5.82 Å². The van der Waals surface area contributed by atoms with Gasteiger partial charge in [-0.25, -0.2) is 4.39 Å². The number of amides is 1. The molecule has 0 aliphatic carbocycles. The molecule has 3 rings (SSSR count). The predicted molar refractivity (Wildman–Crippen MR) is 101 cm³/mol. The molecule has 1 heterocycles. The quantitative estimate of drug-likeness (QED) is 0.787. The Labute approximate surface area is 156 Å². The Balaban J connectivity index is 1.47. The largest absolute Gasteiger partial charge is 0.352 e. The van der Waals surface area contributed by atoms with Gasteiger partial charge in [0, 0.05) is 13.1 Å². The Morgan fingerprint density at radius 2 is 1.68 bits per heavy atom. The lowest BCUT2D eigenvalue weighted by Crippen LogP contribution is -2.24. The minimum Gasteiger partial charge on any atom is -0.352 e. The fourth-order valence-electron chi connectivity index (χ4n) is 3.06. The molecule has 3 nitrogen and oxygen atoms in total. The summed E-state index contributed by atoms with van der Waals surface area (Å²) in [6.07, 6.45) is 2.84. The standard InChI is InChI=1S/C20H22BrFN2O/c21-18-11-17(7-8-19(18)22)12-20(25)23-13-15-3-5-16(6-4-15)14-24-9-1-2-10-24/h3-8,11H,1-2,9-10,12-14H2,(H,23,25). The van der Waals surface area contributed by atoms with Crippen LogP contribution in [0.2, 0.25) is 0 Å². The van der Waals surface area contributed by atoms with Crippen LogP contribution in [0.3, 0.4) is 0 Å². The van der Waals surface area contributed by atoms with E-state index < -0.39 is 0 Å². The summed E-state index contributed by atoms with van der Waals surface area (Å²) in [4.78, 5) is 14.5. The molecule has 0 aromatic heterocycles. The van der Waals surface area contributed by atoms with Crippen LogP contribution in [0.15, 0.2) is 46.9 Å². The maximum Gasteiger partial charge on any atom is 0.224 e. The van der Waals surface area contributed by atoms with Crippen LogP contribution in [-0.4, -0.2) is 23.9 Å². The van der Waals surface area contributed by atoms with Crippen molar-refractivity contribution in [3.63, 3.8) is 0 Å². The highest BCUT2D eigenvalue weighted by molar-refractivity contribution is 9.10. The molecule has 2 aromatic rings. The second-order valence-corrected chi connectivity index (χ2v) is 7.36. The van der Waals surface area contributed by atoms with E-state index in [0.717, 1.165) is 17.7 Å². The summed E-state index contributed by atoms with van der Waals surface area (Å²) in [7, 11) is 0. The lowest BCUT2D eigenvalue weighted by Gasteiger charge is -2.14. The van der Waals surface area contributed by atoms with E-state index in [1.54, 1.807) is 12.1 Å². The first-order chi connectivity index (χ1) is 12.1. The normalized spacial score (nSPS) is 14.6. The highest BCUT2D eigenvalue weighted by Gasteiger charge is 2.11. The van der Waals surface area contributed by atoms with Gasteiger partial charge in [0.25, 0.3) is 0 Å². The van der Waals surface area contributed by atoms with Crippen LogP contribution < -0.4 is 5.32 Å². The van der Waals surface area contributed by atoms with Crippen LogP contribution in [-0.2, 0) is 24.3 Å². The van der Waals surface area contributed by atoms with E-state index in [-0.39, 0.29) is 18.1 Å². The molecule has 0 radical (unpaired) electrons. The first-order valence-electron chi connectivity index (χ1n) is 8.61. The number of likely N-dealkylation sites (tertiary alicyclic amines) is 1. The Morgan fingerprint density at radius 3 is 2.36 bits per heavy atom. The molecule has 0 spiro atoms. The Morgan fingerprint density at radius 1 is 1.04 bits per heavy atom. The second-order valence-electron chi connectivity index (χ2n) is 6.50. The molecule has 1 aliphatic heterocycles. The second kappa shape index (κ2) is 8.59. The summed E-state index contributed by atoms with van der Waals surface area (Å²) < 4.78 is 13.6. The first kappa shape index (κ1) is 18.1. The Kier molecular flexibility index (Phi) is 6.21. The van der Waals surface area contributed by atoms with Gasteiger partial charge < -0.3 is 5.32 Å². The number of rotatable bonds is 6. The van der Waals surface area contributed by atoms with Crippen molar-refractivity contribution in [2.45, 2.75) is 32.4 Å². The SMILES string of the molecule is O=C(Cc1ccc(F)c(Br)c1)NCc1ccc(CN2CCCC2)cc1. The van der Waals surface area contributed by atoms with Crippen LogP contribution in [0.25, 0.3) is 0 Å². The number of carbonyl (C=O) groups excluding carboxylic acids is 1. The molecule has 1 N–H and O–H groups in total. The zero-order valence-corrected chi connectivity index (χ0v) is 15.7. The molecule has 1 amide bonds. The smallest absolute Gasteiger partial charge is 0.224 e. The molecule has 132 valence electrons. The van der Waals surface area contributed by atoms with Crippen molar-refractivity contribution in [3.05, 3.63) is 69.4 Å². The van der Waals surface area contributed by atoms with E-state index >= 15 is 0 Å². The number of benzene rings is 2. The number of halogens is 2. The maximum absolute atomic E-state index is 13.2. The van der Waals surface area contributed by atoms with Gasteiger partial charge in [-0.3, -0.25) is 9.69 Å². The first-order valence-corrected chi connectivity index (χ1v) is 9.40. The molecular formula is C20H22BrFN2O. The van der Waals surface area contributed by atoms with E-state index in [0.29, 0.717) is 11.0 Å². The molecule has 0 unspecified atom stereocenters. The number of hydrogen-bond acceptors (Lipinski definition) is 2. The summed E-state index contributed by atoms with van der Waals surface area (Å²) in [6.45, 7) is 3.89. The molecular weight excluding hydrogens is 383 g/mol. The van der Waals surface area contributed by atoms with Gasteiger partial charge in [0.2, 0.25) is 5.91 Å². The van der Waals surface area contributed by atoms with Crippen molar-refractivity contribution in [1.29, 1.82) is 0 Å². The molecule has 0 bridgehead atoms. The third kappa shape index (κ3) is 5.38. The minimum absolute atomic E-state index is 0.0698. The molecule has 5 heteroatoms. The van der Waals surface area contributed by atoms with Gasteiger partial charge in [-0.1, -0.05) is 30.3 Å². The highest BCUT2D eigenvalue weighted by atomic mass is 79.9. The predicted octanol–water partition coefficient (Wildman–Crippen LogP) is 4.04. The minimum atomic E-state index is -0.321. The molecule has 1 fully saturated rings. The van der Waals surface area contributed by atoms with Gasteiger partial charge in [-0.05, 0) is 70.7 Å². The van der Waals surface area contributed by atoms with Crippen molar-refractivity contribution in [2.24, 2.45) is 0 Å². The van der Waals surface area contributed by atoms with Crippen LogP contribution in [0.5, 0.6) is 0 Å². The highest BCUT2D eigenvalue weighted by Crippen LogP contribution is 2.17. The zero-order valence-electron chi connectivity index (χ0n) is 14.1. The molecule has 0 saturated carbocycles. The maximum atomic E-state index is 13.2. The van der Waals surface area contributed by atoms with E-state index in [4.69, 9.17) is 0 Å². The van der Waals surface area contributed by atoms with Gasteiger partial charge in [0.05, 0.1) is 10.9 Å². The van der Waals surface area contributed by atoms with Crippen molar-refractivity contribution in [1.82, 2.24) is 10.2 Å². The van der Waals surface area contributed by atoms with E-state index in [9.17, 15) is 9.18 Å². The lowest BCUT2D eigenvalue weighted by molar-refractivity contribution is -0.120. The van der Waals surface area contributed by atoms with Crippen molar-refractivity contribution in [2.75, 3.05) is 13.1 Å².